The Kier molecular flexibility index (Phi) is 5.68. The Morgan fingerprint density at radius 3 is 2.70 bits per heavy atom. The summed E-state index contributed by atoms with van der Waals surface area (Å²) in [5.74, 6) is -0.853. The van der Waals surface area contributed by atoms with E-state index in [4.69, 9.17) is 15.2 Å². The van der Waals surface area contributed by atoms with Crippen LogP contribution in [0, 0.1) is 23.0 Å². The lowest BCUT2D eigenvalue weighted by atomic mass is 9.94. The molecule has 4 aromatic rings. The Morgan fingerprint density at radius 2 is 2.00 bits per heavy atom. The van der Waals surface area contributed by atoms with Gasteiger partial charge in [0.2, 0.25) is 5.95 Å². The van der Waals surface area contributed by atoms with Crippen molar-refractivity contribution in [3.63, 3.8) is 0 Å². The van der Waals surface area contributed by atoms with Crippen molar-refractivity contribution in [2.24, 2.45) is 0 Å². The van der Waals surface area contributed by atoms with Gasteiger partial charge in [0, 0.05) is 42.7 Å². The van der Waals surface area contributed by atoms with Crippen LogP contribution < -0.4 is 10.6 Å². The first-order chi connectivity index (χ1) is 17.8. The van der Waals surface area contributed by atoms with Gasteiger partial charge in [-0.3, -0.25) is 4.98 Å². The zero-order valence-electron chi connectivity index (χ0n) is 20.4. The van der Waals surface area contributed by atoms with Crippen molar-refractivity contribution in [3.8, 4) is 17.3 Å². The number of nitrogen functional groups attached to an aromatic ring is 1. The van der Waals surface area contributed by atoms with Gasteiger partial charge in [-0.2, -0.15) is 5.26 Å². The summed E-state index contributed by atoms with van der Waals surface area (Å²) in [6.45, 7) is 1.58. The van der Waals surface area contributed by atoms with E-state index in [0.29, 0.717) is 30.0 Å². The standard InChI is InChI=1S/C25H23F2N7O2S/c1-33(2)16-7-34(8-17(16)35-3)25-31-5-12-13-9-36-10-14(13)18(20(27)21(12)32-25)22-19-11(4-28)24(29)37-23(19)15(26)6-30-22/h5-6,16-17H,7-10,29H2,1-3H3/t16-,17-/m0/s1. The number of halogens is 2. The van der Waals surface area contributed by atoms with Crippen LogP contribution in [0.15, 0.2) is 12.4 Å². The fourth-order valence-electron chi connectivity index (χ4n) is 5.34. The fraction of sp³-hybridized carbons (Fsp3) is 0.360. The summed E-state index contributed by atoms with van der Waals surface area (Å²) >= 11 is 0.944. The number of likely N-dealkylation sites (N-methyl/N-ethyl adjacent to an activating group) is 1. The molecule has 2 aliphatic heterocycles. The maximum atomic E-state index is 16.5. The van der Waals surface area contributed by atoms with Crippen molar-refractivity contribution < 1.29 is 18.3 Å². The number of fused-ring (bicyclic) bond motifs is 4. The Labute approximate surface area is 215 Å². The first-order valence-corrected chi connectivity index (χ1v) is 12.4. The Morgan fingerprint density at radius 1 is 1.22 bits per heavy atom. The van der Waals surface area contributed by atoms with Gasteiger partial charge in [-0.15, -0.1) is 11.3 Å². The average Bonchev–Trinajstić information content (AvgIpc) is 3.62. The number of thiophene rings is 1. The molecule has 1 saturated heterocycles. The molecule has 1 aromatic carbocycles. The molecule has 0 aliphatic carbocycles. The molecule has 0 unspecified atom stereocenters. The molecular weight excluding hydrogens is 500 g/mol. The minimum atomic E-state index is -0.622. The van der Waals surface area contributed by atoms with E-state index in [0.717, 1.165) is 23.1 Å². The molecule has 5 heterocycles. The molecule has 3 aromatic heterocycles. The van der Waals surface area contributed by atoms with Crippen molar-refractivity contribution >= 4 is 43.3 Å². The molecule has 2 atom stereocenters. The number of hydrogen-bond donors (Lipinski definition) is 1. The predicted octanol–water partition coefficient (Wildman–Crippen LogP) is 3.43. The lowest BCUT2D eigenvalue weighted by Gasteiger charge is -2.23. The Balaban J connectivity index is 1.58. The van der Waals surface area contributed by atoms with Gasteiger partial charge in [0.15, 0.2) is 11.6 Å². The minimum absolute atomic E-state index is 0.0479. The number of ether oxygens (including phenoxy) is 2. The average molecular weight is 524 g/mol. The third kappa shape index (κ3) is 3.53. The summed E-state index contributed by atoms with van der Waals surface area (Å²) in [5.41, 5.74) is 7.84. The zero-order valence-corrected chi connectivity index (χ0v) is 21.2. The quantitative estimate of drug-likeness (QED) is 0.430. The lowest BCUT2D eigenvalue weighted by molar-refractivity contribution is 0.0639. The van der Waals surface area contributed by atoms with Gasteiger partial charge < -0.3 is 25.0 Å². The van der Waals surface area contributed by atoms with Gasteiger partial charge >= 0.3 is 0 Å². The van der Waals surface area contributed by atoms with Crippen molar-refractivity contribution in [1.29, 1.82) is 5.26 Å². The number of benzene rings is 1. The molecule has 9 nitrogen and oxygen atoms in total. The van der Waals surface area contributed by atoms with Crippen LogP contribution in [0.1, 0.15) is 16.7 Å². The zero-order chi connectivity index (χ0) is 26.0. The van der Waals surface area contributed by atoms with E-state index in [1.54, 1.807) is 13.3 Å². The molecule has 1 fully saturated rings. The summed E-state index contributed by atoms with van der Waals surface area (Å²) in [6.07, 6.45) is 2.61. The van der Waals surface area contributed by atoms with Crippen LogP contribution in [0.5, 0.6) is 0 Å². The normalized spacial score (nSPS) is 19.3. The highest BCUT2D eigenvalue weighted by Crippen LogP contribution is 2.45. The van der Waals surface area contributed by atoms with Crippen LogP contribution in [0.25, 0.3) is 32.2 Å². The molecule has 190 valence electrons. The first-order valence-electron chi connectivity index (χ1n) is 11.6. The first kappa shape index (κ1) is 23.9. The summed E-state index contributed by atoms with van der Waals surface area (Å²) < 4.78 is 42.6. The van der Waals surface area contributed by atoms with Crippen molar-refractivity contribution in [3.05, 3.63) is 40.7 Å². The molecule has 2 N–H and O–H groups in total. The number of rotatable bonds is 4. The second-order valence-electron chi connectivity index (χ2n) is 9.39. The topological polar surface area (TPSA) is 113 Å². The van der Waals surface area contributed by atoms with Gasteiger partial charge in [-0.05, 0) is 25.2 Å². The van der Waals surface area contributed by atoms with E-state index >= 15 is 4.39 Å². The highest BCUT2D eigenvalue weighted by Gasteiger charge is 2.36. The third-order valence-corrected chi connectivity index (χ3v) is 8.25. The maximum absolute atomic E-state index is 16.5. The monoisotopic (exact) mass is 523 g/mol. The third-order valence-electron chi connectivity index (χ3n) is 7.22. The molecule has 6 rings (SSSR count). The van der Waals surface area contributed by atoms with Gasteiger partial charge in [-0.1, -0.05) is 0 Å². The van der Waals surface area contributed by atoms with Crippen LogP contribution in [-0.2, 0) is 22.7 Å². The highest BCUT2D eigenvalue weighted by atomic mass is 32.1. The second kappa shape index (κ2) is 8.81. The summed E-state index contributed by atoms with van der Waals surface area (Å²) in [7, 11) is 5.64. The van der Waals surface area contributed by atoms with E-state index in [1.165, 1.54) is 0 Å². The molecule has 0 saturated carbocycles. The van der Waals surface area contributed by atoms with Crippen LogP contribution in [0.3, 0.4) is 0 Å². The van der Waals surface area contributed by atoms with Gasteiger partial charge in [0.1, 0.15) is 16.6 Å². The highest BCUT2D eigenvalue weighted by molar-refractivity contribution is 7.23. The molecule has 0 amide bonds. The van der Waals surface area contributed by atoms with E-state index in [-0.39, 0.29) is 62.8 Å². The summed E-state index contributed by atoms with van der Waals surface area (Å²) in [5, 5.41) is 10.6. The van der Waals surface area contributed by atoms with E-state index in [1.807, 2.05) is 25.1 Å². The number of aromatic nitrogens is 3. The summed E-state index contributed by atoms with van der Waals surface area (Å²) in [6, 6.07) is 2.15. The fourth-order valence-corrected chi connectivity index (χ4v) is 6.26. The molecule has 0 bridgehead atoms. The van der Waals surface area contributed by atoms with Crippen molar-refractivity contribution in [2.75, 3.05) is 44.9 Å². The molecule has 2 aliphatic rings. The molecule has 37 heavy (non-hydrogen) atoms. The molecule has 0 spiro atoms. The number of nitrogens with two attached hydrogens (primary N) is 1. The maximum Gasteiger partial charge on any atom is 0.226 e. The smallest absolute Gasteiger partial charge is 0.226 e. The largest absolute Gasteiger partial charge is 0.389 e. The number of nitrogens with zero attached hydrogens (tertiary/aromatic N) is 6. The van der Waals surface area contributed by atoms with Gasteiger partial charge in [-0.25, -0.2) is 18.7 Å². The van der Waals surface area contributed by atoms with Crippen LogP contribution in [0.2, 0.25) is 0 Å². The predicted molar refractivity (Wildman–Crippen MR) is 136 cm³/mol. The number of nitriles is 1. The number of methoxy groups -OCH3 is 1. The second-order valence-corrected chi connectivity index (χ2v) is 10.4. The lowest BCUT2D eigenvalue weighted by Crippen LogP contribution is -2.39. The van der Waals surface area contributed by atoms with Crippen molar-refractivity contribution in [2.45, 2.75) is 25.4 Å². The van der Waals surface area contributed by atoms with Gasteiger partial charge in [0.05, 0.1) is 47.5 Å². The number of hydrogen-bond acceptors (Lipinski definition) is 10. The Bertz CT molecular complexity index is 1620. The van der Waals surface area contributed by atoms with Crippen molar-refractivity contribution in [1.82, 2.24) is 19.9 Å². The number of anilines is 2. The molecule has 0 radical (unpaired) electrons. The van der Waals surface area contributed by atoms with E-state index < -0.39 is 11.6 Å². The minimum Gasteiger partial charge on any atom is -0.389 e. The van der Waals surface area contributed by atoms with Gasteiger partial charge in [0.25, 0.3) is 0 Å². The van der Waals surface area contributed by atoms with Crippen LogP contribution >= 0.6 is 11.3 Å². The Hall–Kier alpha value is -3.50. The van der Waals surface area contributed by atoms with Crippen LogP contribution in [-0.4, -0.2) is 66.3 Å². The number of pyridine rings is 1. The van der Waals surface area contributed by atoms with Crippen LogP contribution in [0.4, 0.5) is 19.7 Å². The van der Waals surface area contributed by atoms with E-state index in [9.17, 15) is 9.65 Å². The van der Waals surface area contributed by atoms with E-state index in [2.05, 4.69) is 19.9 Å². The molecule has 12 heteroatoms. The molecular formula is C25H23F2N7O2S. The SMILES string of the molecule is CO[C@H]1CN(c2ncc3c4c(c(-c5ncc(F)c6sc(N)c(C#N)c56)c(F)c3n2)COC4)C[C@@H]1N(C)C. The summed E-state index contributed by atoms with van der Waals surface area (Å²) in [4.78, 5) is 17.5.